The number of rotatable bonds is 11. The van der Waals surface area contributed by atoms with E-state index >= 15 is 0 Å². The van der Waals surface area contributed by atoms with Crippen LogP contribution in [0.15, 0.2) is 53.0 Å². The van der Waals surface area contributed by atoms with Gasteiger partial charge < -0.3 is 15.0 Å². The van der Waals surface area contributed by atoms with Gasteiger partial charge >= 0.3 is 0 Å². The van der Waals surface area contributed by atoms with Gasteiger partial charge in [0.25, 0.3) is 0 Å². The van der Waals surface area contributed by atoms with E-state index in [-0.39, 0.29) is 11.8 Å². The van der Waals surface area contributed by atoms with Crippen LogP contribution in [0.1, 0.15) is 44.2 Å². The first-order chi connectivity index (χ1) is 14.4. The van der Waals surface area contributed by atoms with Crippen LogP contribution in [0.5, 0.6) is 5.75 Å². The van der Waals surface area contributed by atoms with Crippen molar-refractivity contribution in [2.75, 3.05) is 13.2 Å². The molecule has 0 aliphatic carbocycles. The van der Waals surface area contributed by atoms with Crippen LogP contribution in [-0.2, 0) is 16.1 Å². The summed E-state index contributed by atoms with van der Waals surface area (Å²) in [6.07, 6.45) is 1.77. The normalized spacial score (nSPS) is 11.6. The van der Waals surface area contributed by atoms with Crippen LogP contribution in [0, 0.1) is 6.92 Å². The lowest BCUT2D eigenvalue weighted by Gasteiger charge is -2.29. The van der Waals surface area contributed by atoms with Crippen molar-refractivity contribution in [3.63, 3.8) is 0 Å². The van der Waals surface area contributed by atoms with Crippen LogP contribution in [-0.4, -0.2) is 35.9 Å². The van der Waals surface area contributed by atoms with Crippen LogP contribution >= 0.6 is 15.9 Å². The van der Waals surface area contributed by atoms with Gasteiger partial charge in [0.1, 0.15) is 11.8 Å². The molecular weight excluding hydrogens is 444 g/mol. The quantitative estimate of drug-likeness (QED) is 0.473. The smallest absolute Gasteiger partial charge is 0.242 e. The Labute approximate surface area is 187 Å². The van der Waals surface area contributed by atoms with E-state index in [9.17, 15) is 9.59 Å². The van der Waals surface area contributed by atoms with Gasteiger partial charge in [-0.05, 0) is 56.5 Å². The van der Waals surface area contributed by atoms with Gasteiger partial charge in [0, 0.05) is 24.0 Å². The Bertz CT molecular complexity index is 806. The highest BCUT2D eigenvalue weighted by molar-refractivity contribution is 9.10. The number of aryl methyl sites for hydroxylation is 1. The summed E-state index contributed by atoms with van der Waals surface area (Å²) in [6.45, 7) is 7.27. The molecule has 0 saturated heterocycles. The Hall–Kier alpha value is -2.34. The first-order valence-electron chi connectivity index (χ1n) is 10.4. The summed E-state index contributed by atoms with van der Waals surface area (Å²) in [5, 5.41) is 2.89. The molecule has 1 atom stereocenters. The van der Waals surface area contributed by atoms with E-state index in [2.05, 4.69) is 21.2 Å². The van der Waals surface area contributed by atoms with E-state index in [4.69, 9.17) is 4.74 Å². The van der Waals surface area contributed by atoms with Crippen LogP contribution in [0.3, 0.4) is 0 Å². The number of ether oxygens (including phenoxy) is 1. The Morgan fingerprint density at radius 1 is 1.10 bits per heavy atom. The molecule has 0 aromatic heterocycles. The predicted molar refractivity (Wildman–Crippen MR) is 123 cm³/mol. The van der Waals surface area contributed by atoms with E-state index in [0.717, 1.165) is 22.2 Å². The molecule has 2 rings (SSSR count). The zero-order valence-electron chi connectivity index (χ0n) is 18.0. The van der Waals surface area contributed by atoms with Crippen molar-refractivity contribution in [2.45, 2.75) is 52.6 Å². The molecule has 5 nitrogen and oxygen atoms in total. The molecule has 2 aromatic rings. The number of carbonyl (C=O) groups excluding carboxylic acids is 2. The van der Waals surface area contributed by atoms with Crippen LogP contribution in [0.4, 0.5) is 0 Å². The molecule has 30 heavy (non-hydrogen) atoms. The number of nitrogens with one attached hydrogen (secondary N) is 1. The molecule has 0 bridgehead atoms. The Kier molecular flexibility index (Phi) is 9.87. The molecule has 1 unspecified atom stereocenters. The lowest BCUT2D eigenvalue weighted by Crippen LogP contribution is -2.47. The number of amides is 2. The minimum absolute atomic E-state index is 0.0513. The molecule has 2 amide bonds. The van der Waals surface area contributed by atoms with Crippen molar-refractivity contribution >= 4 is 27.7 Å². The second-order valence-corrected chi connectivity index (χ2v) is 8.30. The molecule has 0 aliphatic rings. The zero-order valence-corrected chi connectivity index (χ0v) is 19.6. The van der Waals surface area contributed by atoms with E-state index in [1.165, 1.54) is 5.56 Å². The van der Waals surface area contributed by atoms with Gasteiger partial charge in [0.15, 0.2) is 0 Å². The fourth-order valence-electron chi connectivity index (χ4n) is 2.96. The molecule has 0 aliphatic heterocycles. The third-order valence-electron chi connectivity index (χ3n) is 4.81. The molecule has 1 N–H and O–H groups in total. The monoisotopic (exact) mass is 474 g/mol. The highest BCUT2D eigenvalue weighted by Gasteiger charge is 2.25. The number of nitrogens with zero attached hydrogens (tertiary/aromatic N) is 1. The van der Waals surface area contributed by atoms with Crippen molar-refractivity contribution in [2.24, 2.45) is 0 Å². The van der Waals surface area contributed by atoms with Crippen LogP contribution < -0.4 is 10.1 Å². The molecule has 0 radical (unpaired) electrons. The summed E-state index contributed by atoms with van der Waals surface area (Å²) in [4.78, 5) is 27.1. The Morgan fingerprint density at radius 3 is 2.40 bits per heavy atom. The number of carbonyl (C=O) groups is 2. The summed E-state index contributed by atoms with van der Waals surface area (Å²) in [6, 6.07) is 15.1. The summed E-state index contributed by atoms with van der Waals surface area (Å²) < 4.78 is 6.71. The van der Waals surface area contributed by atoms with Gasteiger partial charge in [0.05, 0.1) is 6.61 Å². The van der Waals surface area contributed by atoms with Gasteiger partial charge in [-0.15, -0.1) is 0 Å². The second kappa shape index (κ2) is 12.4. The van der Waals surface area contributed by atoms with Crippen LogP contribution in [0.2, 0.25) is 0 Å². The van der Waals surface area contributed by atoms with E-state index in [0.29, 0.717) is 32.5 Å². The summed E-state index contributed by atoms with van der Waals surface area (Å²) in [5.41, 5.74) is 2.16. The minimum atomic E-state index is -0.536. The fourth-order valence-corrected chi connectivity index (χ4v) is 3.22. The Balaban J connectivity index is 1.96. The van der Waals surface area contributed by atoms with Crippen molar-refractivity contribution in [3.8, 4) is 5.75 Å². The molecule has 0 fully saturated rings. The molecule has 2 aromatic carbocycles. The molecule has 0 spiro atoms. The summed E-state index contributed by atoms with van der Waals surface area (Å²) in [5.74, 6) is 0.620. The average molecular weight is 475 g/mol. The predicted octanol–water partition coefficient (Wildman–Crippen LogP) is 4.86. The van der Waals surface area contributed by atoms with Gasteiger partial charge in [-0.25, -0.2) is 0 Å². The van der Waals surface area contributed by atoms with Crippen molar-refractivity contribution in [1.29, 1.82) is 0 Å². The maximum atomic E-state index is 13.0. The minimum Gasteiger partial charge on any atom is -0.494 e. The first-order valence-corrected chi connectivity index (χ1v) is 11.2. The number of benzene rings is 2. The molecule has 0 saturated carbocycles. The molecule has 0 heterocycles. The second-order valence-electron chi connectivity index (χ2n) is 7.38. The molecule has 6 heteroatoms. The third-order valence-corrected chi connectivity index (χ3v) is 5.34. The van der Waals surface area contributed by atoms with Gasteiger partial charge in [0.2, 0.25) is 11.8 Å². The first kappa shape index (κ1) is 23.9. The van der Waals surface area contributed by atoms with Crippen molar-refractivity contribution in [3.05, 3.63) is 64.1 Å². The molecule has 162 valence electrons. The number of hydrogen-bond donors (Lipinski definition) is 1. The lowest BCUT2D eigenvalue weighted by molar-refractivity contribution is -0.140. The average Bonchev–Trinajstić information content (AvgIpc) is 2.75. The van der Waals surface area contributed by atoms with Crippen molar-refractivity contribution in [1.82, 2.24) is 10.2 Å². The largest absolute Gasteiger partial charge is 0.494 e. The summed E-state index contributed by atoms with van der Waals surface area (Å²) in [7, 11) is 0. The van der Waals surface area contributed by atoms with E-state index in [1.807, 2.05) is 62.4 Å². The topological polar surface area (TPSA) is 58.6 Å². The SMILES string of the molecule is CCCNC(=O)C(C)N(Cc1ccc(Br)cc1)C(=O)CCCOc1ccc(C)cc1. The van der Waals surface area contributed by atoms with Gasteiger partial charge in [-0.3, -0.25) is 9.59 Å². The standard InChI is InChI=1S/C24H31BrN2O3/c1-4-15-26-24(29)19(3)27(17-20-9-11-21(25)12-10-20)23(28)6-5-16-30-22-13-7-18(2)8-14-22/h7-14,19H,4-6,15-17H2,1-3H3,(H,26,29). The fraction of sp³-hybridized carbons (Fsp3) is 0.417. The maximum Gasteiger partial charge on any atom is 0.242 e. The highest BCUT2D eigenvalue weighted by Crippen LogP contribution is 2.16. The molecular formula is C24H31BrN2O3. The third kappa shape index (κ3) is 7.82. The van der Waals surface area contributed by atoms with Gasteiger partial charge in [-0.1, -0.05) is 52.7 Å². The summed E-state index contributed by atoms with van der Waals surface area (Å²) >= 11 is 3.43. The van der Waals surface area contributed by atoms with E-state index in [1.54, 1.807) is 11.8 Å². The Morgan fingerprint density at radius 2 is 1.77 bits per heavy atom. The maximum absolute atomic E-state index is 13.0. The van der Waals surface area contributed by atoms with E-state index < -0.39 is 6.04 Å². The van der Waals surface area contributed by atoms with Crippen LogP contribution in [0.25, 0.3) is 0 Å². The van der Waals surface area contributed by atoms with Crippen molar-refractivity contribution < 1.29 is 14.3 Å². The number of halogens is 1. The lowest BCUT2D eigenvalue weighted by atomic mass is 10.1. The zero-order chi connectivity index (χ0) is 21.9. The highest BCUT2D eigenvalue weighted by atomic mass is 79.9. The number of hydrogen-bond acceptors (Lipinski definition) is 3. The van der Waals surface area contributed by atoms with Gasteiger partial charge in [-0.2, -0.15) is 0 Å².